The highest BCUT2D eigenvalue weighted by atomic mass is 32.2. The first-order valence-corrected chi connectivity index (χ1v) is 7.48. The van der Waals surface area contributed by atoms with Crippen LogP contribution in [0.1, 0.15) is 6.92 Å². The number of hydrogen-bond acceptors (Lipinski definition) is 6. The van der Waals surface area contributed by atoms with Crippen molar-refractivity contribution in [3.8, 4) is 0 Å². The Morgan fingerprint density at radius 3 is 2.94 bits per heavy atom. The molecule has 0 aliphatic carbocycles. The van der Waals surface area contributed by atoms with Crippen LogP contribution in [0.3, 0.4) is 0 Å². The summed E-state index contributed by atoms with van der Waals surface area (Å²) < 4.78 is 39.9. The number of nitrogens with one attached hydrogen (secondary N) is 1. The molecule has 1 N–H and O–H groups in total. The Balaban J connectivity index is 2.38. The maximum Gasteiger partial charge on any atom is 0.243 e. The lowest BCUT2D eigenvalue weighted by Gasteiger charge is -2.13. The Kier molecular flexibility index (Phi) is 3.91. The summed E-state index contributed by atoms with van der Waals surface area (Å²) >= 11 is 0.995. The summed E-state index contributed by atoms with van der Waals surface area (Å²) in [5.74, 6) is 0. The molecule has 6 nitrogen and oxygen atoms in total. The van der Waals surface area contributed by atoms with Crippen molar-refractivity contribution in [3.63, 3.8) is 0 Å². The average Bonchev–Trinajstić information content (AvgIpc) is 2.75. The molecule has 0 aliphatic heterocycles. The molecule has 0 radical (unpaired) electrons. The van der Waals surface area contributed by atoms with Crippen molar-refractivity contribution in [1.82, 2.24) is 13.5 Å². The molecule has 0 fully saturated rings. The third kappa shape index (κ3) is 2.66. The van der Waals surface area contributed by atoms with Crippen LogP contribution in [0.15, 0.2) is 23.1 Å². The fraction of sp³-hybridized carbons (Fsp3) is 0.400. The summed E-state index contributed by atoms with van der Waals surface area (Å²) in [6.45, 7) is 2.05. The van der Waals surface area contributed by atoms with Crippen molar-refractivity contribution in [3.05, 3.63) is 18.2 Å². The van der Waals surface area contributed by atoms with Gasteiger partial charge in [-0.2, -0.15) is 8.75 Å². The van der Waals surface area contributed by atoms with Gasteiger partial charge in [-0.05, 0) is 19.1 Å². The minimum Gasteiger partial charge on any atom is -0.383 e. The summed E-state index contributed by atoms with van der Waals surface area (Å²) in [7, 11) is -2.08. The predicted molar refractivity (Wildman–Crippen MR) is 69.1 cm³/mol. The first-order valence-electron chi connectivity index (χ1n) is 5.27. The van der Waals surface area contributed by atoms with Crippen LogP contribution >= 0.6 is 11.7 Å². The minimum absolute atomic E-state index is 0.150. The van der Waals surface area contributed by atoms with Gasteiger partial charge in [-0.15, -0.1) is 0 Å². The zero-order valence-corrected chi connectivity index (χ0v) is 11.6. The number of hydrogen-bond donors (Lipinski definition) is 1. The smallest absolute Gasteiger partial charge is 0.243 e. The van der Waals surface area contributed by atoms with Gasteiger partial charge in [-0.1, -0.05) is 6.07 Å². The molecular formula is C10H13N3O3S2. The molecule has 0 spiro atoms. The maximum atomic E-state index is 12.2. The van der Waals surface area contributed by atoms with Gasteiger partial charge in [-0.25, -0.2) is 13.1 Å². The number of sulfonamides is 1. The van der Waals surface area contributed by atoms with E-state index in [0.29, 0.717) is 17.6 Å². The highest BCUT2D eigenvalue weighted by Crippen LogP contribution is 2.20. The normalized spacial score (nSPS) is 13.9. The second-order valence-electron chi connectivity index (χ2n) is 3.87. The average molecular weight is 287 g/mol. The fourth-order valence-electron chi connectivity index (χ4n) is 1.61. The molecule has 1 atom stereocenters. The van der Waals surface area contributed by atoms with Crippen LogP contribution in [0.4, 0.5) is 0 Å². The van der Waals surface area contributed by atoms with E-state index in [0.717, 1.165) is 11.7 Å². The third-order valence-electron chi connectivity index (χ3n) is 2.31. The van der Waals surface area contributed by atoms with E-state index in [1.54, 1.807) is 19.1 Å². The molecule has 0 saturated carbocycles. The first kappa shape index (κ1) is 13.3. The van der Waals surface area contributed by atoms with Crippen molar-refractivity contribution in [2.45, 2.75) is 17.9 Å². The molecule has 98 valence electrons. The van der Waals surface area contributed by atoms with Crippen LogP contribution in [0.2, 0.25) is 0 Å². The van der Waals surface area contributed by atoms with E-state index >= 15 is 0 Å². The monoisotopic (exact) mass is 287 g/mol. The quantitative estimate of drug-likeness (QED) is 0.887. The van der Waals surface area contributed by atoms with Crippen molar-refractivity contribution in [2.75, 3.05) is 13.7 Å². The summed E-state index contributed by atoms with van der Waals surface area (Å²) in [6.07, 6.45) is 0. The number of nitrogens with zero attached hydrogens (tertiary/aromatic N) is 2. The molecule has 1 aromatic heterocycles. The molecule has 8 heteroatoms. The molecule has 2 aromatic rings. The van der Waals surface area contributed by atoms with Crippen molar-refractivity contribution in [1.29, 1.82) is 0 Å². The van der Waals surface area contributed by atoms with Gasteiger partial charge in [0.1, 0.15) is 15.9 Å². The molecule has 1 aromatic carbocycles. The van der Waals surface area contributed by atoms with Crippen molar-refractivity contribution >= 4 is 32.8 Å². The van der Waals surface area contributed by atoms with E-state index in [2.05, 4.69) is 13.5 Å². The van der Waals surface area contributed by atoms with Crippen molar-refractivity contribution in [2.24, 2.45) is 0 Å². The molecule has 1 heterocycles. The Labute approximate surface area is 109 Å². The minimum atomic E-state index is -3.60. The SMILES string of the molecule is COC[C@@H](C)NS(=O)(=O)c1cccc2nsnc12. The molecule has 2 rings (SSSR count). The molecule has 0 saturated heterocycles. The zero-order chi connectivity index (χ0) is 13.2. The second kappa shape index (κ2) is 5.27. The topological polar surface area (TPSA) is 81.2 Å². The van der Waals surface area contributed by atoms with Crippen LogP contribution in [0.5, 0.6) is 0 Å². The summed E-state index contributed by atoms with van der Waals surface area (Å²) in [6, 6.07) is 4.60. The maximum absolute atomic E-state index is 12.2. The second-order valence-corrected chi connectivity index (χ2v) is 6.08. The lowest BCUT2D eigenvalue weighted by Crippen LogP contribution is -2.35. The van der Waals surface area contributed by atoms with Gasteiger partial charge in [0.25, 0.3) is 0 Å². The van der Waals surface area contributed by atoms with E-state index < -0.39 is 10.0 Å². The number of methoxy groups -OCH3 is 1. The number of ether oxygens (including phenoxy) is 1. The van der Waals surface area contributed by atoms with E-state index in [9.17, 15) is 8.42 Å². The van der Waals surface area contributed by atoms with E-state index in [4.69, 9.17) is 4.74 Å². The highest BCUT2D eigenvalue weighted by molar-refractivity contribution is 7.89. The van der Waals surface area contributed by atoms with Crippen LogP contribution < -0.4 is 4.72 Å². The molecular weight excluding hydrogens is 274 g/mol. The van der Waals surface area contributed by atoms with E-state index in [1.807, 2.05) is 0 Å². The Morgan fingerprint density at radius 2 is 2.22 bits per heavy atom. The van der Waals surface area contributed by atoms with E-state index in [-0.39, 0.29) is 10.9 Å². The Bertz CT molecular complexity index is 639. The third-order valence-corrected chi connectivity index (χ3v) is 4.48. The largest absolute Gasteiger partial charge is 0.383 e. The standard InChI is InChI=1S/C10H13N3O3S2/c1-7(6-16-2)13-18(14,15)9-5-3-4-8-10(9)12-17-11-8/h3-5,7,13H,6H2,1-2H3/t7-/m1/s1. The lowest BCUT2D eigenvalue weighted by molar-refractivity contribution is 0.180. The van der Waals surface area contributed by atoms with Gasteiger partial charge in [0.2, 0.25) is 10.0 Å². The van der Waals surface area contributed by atoms with Gasteiger partial charge in [0.05, 0.1) is 18.3 Å². The van der Waals surface area contributed by atoms with Gasteiger partial charge in [0, 0.05) is 13.2 Å². The summed E-state index contributed by atoms with van der Waals surface area (Å²) in [5.41, 5.74) is 0.988. The molecule has 0 bridgehead atoms. The first-order chi connectivity index (χ1) is 8.54. The Hall–Kier alpha value is -1.09. The molecule has 18 heavy (non-hydrogen) atoms. The zero-order valence-electron chi connectivity index (χ0n) is 9.95. The van der Waals surface area contributed by atoms with Crippen LogP contribution in [-0.2, 0) is 14.8 Å². The number of benzene rings is 1. The molecule has 0 unspecified atom stereocenters. The Morgan fingerprint density at radius 1 is 1.44 bits per heavy atom. The predicted octanol–water partition coefficient (Wildman–Crippen LogP) is 1.00. The van der Waals surface area contributed by atoms with Crippen molar-refractivity contribution < 1.29 is 13.2 Å². The van der Waals surface area contributed by atoms with Gasteiger partial charge < -0.3 is 4.74 Å². The number of fused-ring (bicyclic) bond motifs is 1. The van der Waals surface area contributed by atoms with Crippen LogP contribution in [-0.4, -0.2) is 36.9 Å². The van der Waals surface area contributed by atoms with Gasteiger partial charge in [-0.3, -0.25) is 0 Å². The highest BCUT2D eigenvalue weighted by Gasteiger charge is 2.21. The molecule has 0 aliphatic rings. The number of rotatable bonds is 5. The van der Waals surface area contributed by atoms with Gasteiger partial charge >= 0.3 is 0 Å². The summed E-state index contributed by atoms with van der Waals surface area (Å²) in [4.78, 5) is 0.150. The van der Waals surface area contributed by atoms with Crippen LogP contribution in [0.25, 0.3) is 11.0 Å². The van der Waals surface area contributed by atoms with Gasteiger partial charge in [0.15, 0.2) is 0 Å². The fourth-order valence-corrected chi connectivity index (χ4v) is 3.61. The molecule has 0 amide bonds. The van der Waals surface area contributed by atoms with Crippen LogP contribution in [0, 0.1) is 0 Å². The summed E-state index contributed by atoms with van der Waals surface area (Å²) in [5, 5.41) is 0. The number of aromatic nitrogens is 2. The lowest BCUT2D eigenvalue weighted by atomic mass is 10.3. The van der Waals surface area contributed by atoms with E-state index in [1.165, 1.54) is 13.2 Å².